The van der Waals surface area contributed by atoms with Crippen molar-refractivity contribution in [2.24, 2.45) is 4.99 Å². The molecule has 0 unspecified atom stereocenters. The molecule has 2 N–H and O–H groups in total. The first-order valence-corrected chi connectivity index (χ1v) is 7.64. The van der Waals surface area contributed by atoms with Gasteiger partial charge in [-0.1, -0.05) is 18.2 Å². The maximum atomic E-state index is 4.57. The van der Waals surface area contributed by atoms with Crippen molar-refractivity contribution in [2.75, 3.05) is 37.6 Å². The first-order valence-electron chi connectivity index (χ1n) is 7.64. The molecule has 0 saturated heterocycles. The summed E-state index contributed by atoms with van der Waals surface area (Å²) in [6, 6.07) is 10.6. The second-order valence-electron chi connectivity index (χ2n) is 4.56. The van der Waals surface area contributed by atoms with Crippen LogP contribution in [0.3, 0.4) is 0 Å². The van der Waals surface area contributed by atoms with Crippen LogP contribution in [-0.4, -0.2) is 38.7 Å². The van der Waals surface area contributed by atoms with Gasteiger partial charge in [0.05, 0.1) is 0 Å². The van der Waals surface area contributed by atoms with E-state index >= 15 is 0 Å². The number of benzene rings is 1. The molecule has 0 aliphatic carbocycles. The van der Waals surface area contributed by atoms with Crippen molar-refractivity contribution in [3.8, 4) is 0 Å². The maximum Gasteiger partial charge on any atom is 0.191 e. The van der Waals surface area contributed by atoms with E-state index < -0.39 is 0 Å². The van der Waals surface area contributed by atoms with Crippen LogP contribution in [0.1, 0.15) is 27.2 Å². The summed E-state index contributed by atoms with van der Waals surface area (Å²) in [4.78, 5) is 6.96. The summed E-state index contributed by atoms with van der Waals surface area (Å²) in [6.07, 6.45) is 1.06. The van der Waals surface area contributed by atoms with Gasteiger partial charge in [-0.3, -0.25) is 4.99 Å². The molecule has 0 aromatic heterocycles. The van der Waals surface area contributed by atoms with E-state index in [2.05, 4.69) is 71.6 Å². The largest absolute Gasteiger partial charge is 0.372 e. The summed E-state index contributed by atoms with van der Waals surface area (Å²) in [5.41, 5.74) is 1.29. The topological polar surface area (TPSA) is 39.7 Å². The molecule has 0 fully saturated rings. The predicted octanol–water partition coefficient (Wildman–Crippen LogP) is 3.10. The van der Waals surface area contributed by atoms with E-state index in [1.807, 2.05) is 0 Å². The van der Waals surface area contributed by atoms with Crippen LogP contribution in [0.2, 0.25) is 0 Å². The second kappa shape index (κ2) is 12.7. The van der Waals surface area contributed by atoms with Crippen molar-refractivity contribution < 1.29 is 0 Å². The Bertz CT molecular complexity index is 373. The zero-order chi connectivity index (χ0) is 14.6. The zero-order valence-corrected chi connectivity index (χ0v) is 15.8. The number of guanidine groups is 1. The van der Waals surface area contributed by atoms with E-state index in [-0.39, 0.29) is 24.0 Å². The van der Waals surface area contributed by atoms with Gasteiger partial charge >= 0.3 is 0 Å². The van der Waals surface area contributed by atoms with Gasteiger partial charge < -0.3 is 15.5 Å². The van der Waals surface area contributed by atoms with Crippen molar-refractivity contribution in [2.45, 2.75) is 27.2 Å². The Morgan fingerprint density at radius 1 is 1.05 bits per heavy atom. The molecule has 0 radical (unpaired) electrons. The molecule has 0 amide bonds. The van der Waals surface area contributed by atoms with Gasteiger partial charge in [0.15, 0.2) is 5.96 Å². The van der Waals surface area contributed by atoms with Gasteiger partial charge in [0.2, 0.25) is 0 Å². The number of nitrogens with zero attached hydrogens (tertiary/aromatic N) is 2. The lowest BCUT2D eigenvalue weighted by molar-refractivity contribution is 0.745. The molecule has 5 heteroatoms. The summed E-state index contributed by atoms with van der Waals surface area (Å²) in [5.74, 6) is 0.915. The lowest BCUT2D eigenvalue weighted by Gasteiger charge is -2.22. The molecule has 0 aliphatic rings. The molecule has 1 rings (SSSR count). The minimum atomic E-state index is 0. The molecule has 0 saturated carbocycles. The molecule has 0 spiro atoms. The Kier molecular flexibility index (Phi) is 12.1. The fraction of sp³-hybridized carbons (Fsp3) is 0.562. The van der Waals surface area contributed by atoms with Gasteiger partial charge in [-0.2, -0.15) is 0 Å². The number of nitrogens with one attached hydrogen (secondary N) is 2. The molecule has 0 bridgehead atoms. The quantitative estimate of drug-likeness (QED) is 0.303. The summed E-state index contributed by atoms with van der Waals surface area (Å²) in [7, 11) is 0. The maximum absolute atomic E-state index is 4.57. The van der Waals surface area contributed by atoms with Crippen LogP contribution in [0.25, 0.3) is 0 Å². The van der Waals surface area contributed by atoms with Gasteiger partial charge in [0.25, 0.3) is 0 Å². The van der Waals surface area contributed by atoms with Crippen LogP contribution in [0, 0.1) is 0 Å². The average molecular weight is 404 g/mol. The number of aliphatic imine (C=N–C) groups is 1. The Morgan fingerprint density at radius 2 is 1.67 bits per heavy atom. The Balaban J connectivity index is 0.00000400. The summed E-state index contributed by atoms with van der Waals surface area (Å²) in [5, 5.41) is 6.49. The minimum absolute atomic E-state index is 0. The van der Waals surface area contributed by atoms with Crippen LogP contribution in [0.5, 0.6) is 0 Å². The highest BCUT2D eigenvalue weighted by Crippen LogP contribution is 2.12. The van der Waals surface area contributed by atoms with Crippen LogP contribution in [-0.2, 0) is 0 Å². The van der Waals surface area contributed by atoms with Crippen LogP contribution >= 0.6 is 24.0 Å². The standard InChI is InChI=1S/C16H28N4.HI/c1-4-17-16(18-5-2)19-13-10-14-20(6-3)15-11-8-7-9-12-15;/h7-9,11-12H,4-6,10,13-14H2,1-3H3,(H2,17,18,19);1H. The van der Waals surface area contributed by atoms with Crippen LogP contribution in [0.15, 0.2) is 35.3 Å². The Labute approximate surface area is 146 Å². The molecule has 4 nitrogen and oxygen atoms in total. The number of hydrogen-bond acceptors (Lipinski definition) is 2. The Morgan fingerprint density at radius 3 is 2.19 bits per heavy atom. The van der Waals surface area contributed by atoms with Gasteiger partial charge in [-0.15, -0.1) is 24.0 Å². The summed E-state index contributed by atoms with van der Waals surface area (Å²) < 4.78 is 0. The molecule has 1 aromatic rings. The molecule has 0 aliphatic heterocycles. The molecule has 0 atom stereocenters. The fourth-order valence-corrected chi connectivity index (χ4v) is 2.07. The number of halogens is 1. The van der Waals surface area contributed by atoms with Gasteiger partial charge in [-0.05, 0) is 39.3 Å². The van der Waals surface area contributed by atoms with E-state index in [0.717, 1.165) is 45.1 Å². The monoisotopic (exact) mass is 404 g/mol. The Hall–Kier alpha value is -0.980. The van der Waals surface area contributed by atoms with Gasteiger partial charge in [-0.25, -0.2) is 0 Å². The number of rotatable bonds is 8. The molecule has 1 aromatic carbocycles. The smallest absolute Gasteiger partial charge is 0.191 e. The molecular formula is C16H29IN4. The van der Waals surface area contributed by atoms with E-state index in [4.69, 9.17) is 0 Å². The lowest BCUT2D eigenvalue weighted by atomic mass is 10.2. The molecule has 120 valence electrons. The third-order valence-electron chi connectivity index (χ3n) is 3.05. The normalized spacial score (nSPS) is 9.48. The van der Waals surface area contributed by atoms with Crippen molar-refractivity contribution in [3.05, 3.63) is 30.3 Å². The second-order valence-corrected chi connectivity index (χ2v) is 4.56. The van der Waals surface area contributed by atoms with Gasteiger partial charge in [0.1, 0.15) is 0 Å². The number of anilines is 1. The highest BCUT2D eigenvalue weighted by Gasteiger charge is 2.02. The predicted molar refractivity (Wildman–Crippen MR) is 104 cm³/mol. The van der Waals surface area contributed by atoms with E-state index in [9.17, 15) is 0 Å². The lowest BCUT2D eigenvalue weighted by Crippen LogP contribution is -2.37. The highest BCUT2D eigenvalue weighted by molar-refractivity contribution is 14.0. The van der Waals surface area contributed by atoms with Crippen LogP contribution in [0.4, 0.5) is 5.69 Å². The number of hydrogen-bond donors (Lipinski definition) is 2. The molecule has 0 heterocycles. The third kappa shape index (κ3) is 8.14. The highest BCUT2D eigenvalue weighted by atomic mass is 127. The van der Waals surface area contributed by atoms with E-state index in [1.165, 1.54) is 5.69 Å². The van der Waals surface area contributed by atoms with Crippen molar-refractivity contribution in [1.29, 1.82) is 0 Å². The zero-order valence-electron chi connectivity index (χ0n) is 13.4. The molecule has 21 heavy (non-hydrogen) atoms. The number of para-hydroxylation sites is 1. The third-order valence-corrected chi connectivity index (χ3v) is 3.05. The summed E-state index contributed by atoms with van der Waals surface area (Å²) >= 11 is 0. The summed E-state index contributed by atoms with van der Waals surface area (Å²) in [6.45, 7) is 11.1. The van der Waals surface area contributed by atoms with Crippen molar-refractivity contribution in [1.82, 2.24) is 10.6 Å². The van der Waals surface area contributed by atoms with Crippen molar-refractivity contribution >= 4 is 35.6 Å². The van der Waals surface area contributed by atoms with E-state index in [1.54, 1.807) is 0 Å². The SMILES string of the molecule is CCNC(=NCCCN(CC)c1ccccc1)NCC.I. The fourth-order valence-electron chi connectivity index (χ4n) is 2.07. The van der Waals surface area contributed by atoms with Crippen LogP contribution < -0.4 is 15.5 Å². The van der Waals surface area contributed by atoms with Crippen molar-refractivity contribution in [3.63, 3.8) is 0 Å². The molecular weight excluding hydrogens is 375 g/mol. The van der Waals surface area contributed by atoms with Gasteiger partial charge in [0, 0.05) is 38.4 Å². The average Bonchev–Trinajstić information content (AvgIpc) is 2.48. The first-order chi connectivity index (χ1) is 9.81. The first kappa shape index (κ1) is 20.0. The van der Waals surface area contributed by atoms with E-state index in [0.29, 0.717) is 0 Å². The minimum Gasteiger partial charge on any atom is -0.372 e.